The predicted molar refractivity (Wildman–Crippen MR) is 242 cm³/mol. The van der Waals surface area contributed by atoms with Gasteiger partial charge in [0, 0.05) is 0 Å². The molecule has 0 spiro atoms. The molecule has 0 N–H and O–H groups in total. The maximum atomic E-state index is 2.55. The Bertz CT molecular complexity index is 1190. The summed E-state index contributed by atoms with van der Waals surface area (Å²) in [7, 11) is -0.101. The predicted octanol–water partition coefficient (Wildman–Crippen LogP) is 17.9. The zero-order valence-electron chi connectivity index (χ0n) is 35.4. The molecule has 55 heavy (non-hydrogen) atoms. The Kier molecular flexibility index (Phi) is 19.7. The molecular weight excluding hydrogens is 681 g/mol. The third-order valence-electron chi connectivity index (χ3n) is 14.1. The summed E-state index contributed by atoms with van der Waals surface area (Å²) in [5.74, 6) is 2.18. The zero-order chi connectivity index (χ0) is 37.6. The maximum absolute atomic E-state index is 2.55. The molecular formula is C54H81S+. The Morgan fingerprint density at radius 1 is 0.218 bits per heavy atom. The van der Waals surface area contributed by atoms with Gasteiger partial charge >= 0.3 is 0 Å². The molecule has 302 valence electrons. The minimum absolute atomic E-state index is 0.101. The highest BCUT2D eigenvalue weighted by Crippen LogP contribution is 2.38. The van der Waals surface area contributed by atoms with Gasteiger partial charge in [-0.2, -0.15) is 0 Å². The summed E-state index contributed by atoms with van der Waals surface area (Å²) in [6.07, 6.45) is 46.9. The lowest BCUT2D eigenvalue weighted by atomic mass is 9.87. The molecule has 0 heterocycles. The summed E-state index contributed by atoms with van der Waals surface area (Å²) in [6, 6.07) is 30.5. The lowest BCUT2D eigenvalue weighted by Crippen LogP contribution is -2.08. The number of benzene rings is 3. The van der Waals surface area contributed by atoms with Crippen molar-refractivity contribution in [2.45, 2.75) is 244 Å². The molecule has 3 aromatic carbocycles. The van der Waals surface area contributed by atoms with Crippen molar-refractivity contribution in [3.63, 3.8) is 0 Å². The molecule has 3 saturated carbocycles. The number of hydrogen-bond donors (Lipinski definition) is 0. The maximum Gasteiger partial charge on any atom is 0.166 e. The van der Waals surface area contributed by atoms with Crippen LogP contribution in [0.5, 0.6) is 0 Å². The van der Waals surface area contributed by atoms with E-state index in [4.69, 9.17) is 0 Å². The van der Waals surface area contributed by atoms with Gasteiger partial charge in [-0.05, 0) is 109 Å². The summed E-state index contributed by atoms with van der Waals surface area (Å²) in [5, 5.41) is 0. The van der Waals surface area contributed by atoms with E-state index in [1.807, 2.05) is 0 Å². The molecule has 6 rings (SSSR count). The highest BCUT2D eigenvalue weighted by atomic mass is 32.2. The van der Waals surface area contributed by atoms with Crippen LogP contribution in [0.25, 0.3) is 0 Å². The third-order valence-corrected chi connectivity index (χ3v) is 16.3. The topological polar surface area (TPSA) is 0 Å². The molecule has 3 fully saturated rings. The van der Waals surface area contributed by atoms with Crippen molar-refractivity contribution >= 4 is 10.9 Å². The van der Waals surface area contributed by atoms with Crippen LogP contribution in [0.1, 0.15) is 246 Å². The zero-order valence-corrected chi connectivity index (χ0v) is 36.2. The van der Waals surface area contributed by atoms with Crippen molar-refractivity contribution in [2.24, 2.45) is 0 Å². The van der Waals surface area contributed by atoms with Gasteiger partial charge in [0.25, 0.3) is 0 Å². The summed E-state index contributed by atoms with van der Waals surface area (Å²) in [6.45, 7) is 0. The second-order valence-electron chi connectivity index (χ2n) is 18.4. The molecule has 0 nitrogen and oxygen atoms in total. The van der Waals surface area contributed by atoms with Crippen LogP contribution in [-0.4, -0.2) is 0 Å². The second-order valence-corrected chi connectivity index (χ2v) is 20.4. The molecule has 3 aliphatic rings. The summed E-state index contributed by atoms with van der Waals surface area (Å²) >= 11 is 0. The first-order chi connectivity index (χ1) is 27.3. The lowest BCUT2D eigenvalue weighted by Gasteiger charge is -2.20. The third kappa shape index (κ3) is 14.7. The van der Waals surface area contributed by atoms with E-state index in [0.717, 1.165) is 17.8 Å². The van der Waals surface area contributed by atoms with E-state index in [9.17, 15) is 0 Å². The van der Waals surface area contributed by atoms with Crippen LogP contribution in [0.2, 0.25) is 0 Å². The monoisotopic (exact) mass is 762 g/mol. The van der Waals surface area contributed by atoms with Gasteiger partial charge in [-0.3, -0.25) is 0 Å². The lowest BCUT2D eigenvalue weighted by molar-refractivity contribution is 0.467. The van der Waals surface area contributed by atoms with Crippen molar-refractivity contribution in [1.29, 1.82) is 0 Å². The molecule has 0 aliphatic heterocycles. The molecule has 0 atom stereocenters. The van der Waals surface area contributed by atoms with E-state index < -0.39 is 0 Å². The normalized spacial score (nSPS) is 21.5. The highest BCUT2D eigenvalue weighted by Gasteiger charge is 2.30. The molecule has 0 aromatic heterocycles. The molecule has 0 radical (unpaired) electrons. The minimum atomic E-state index is -0.101. The van der Waals surface area contributed by atoms with Gasteiger partial charge in [-0.15, -0.1) is 0 Å². The van der Waals surface area contributed by atoms with E-state index in [1.54, 1.807) is 16.7 Å². The molecule has 0 saturated heterocycles. The van der Waals surface area contributed by atoms with E-state index in [2.05, 4.69) is 72.8 Å². The van der Waals surface area contributed by atoms with Crippen molar-refractivity contribution in [1.82, 2.24) is 0 Å². The summed E-state index contributed by atoms with van der Waals surface area (Å²) < 4.78 is 0. The van der Waals surface area contributed by atoms with Gasteiger partial charge in [0.2, 0.25) is 0 Å². The molecule has 0 amide bonds. The second kappa shape index (κ2) is 25.4. The van der Waals surface area contributed by atoms with Crippen molar-refractivity contribution < 1.29 is 0 Å². The fraction of sp³-hybridized carbons (Fsp3) is 0.667. The van der Waals surface area contributed by atoms with Gasteiger partial charge in [-0.25, -0.2) is 0 Å². The van der Waals surface area contributed by atoms with Crippen LogP contribution in [0.15, 0.2) is 87.5 Å². The van der Waals surface area contributed by atoms with E-state index in [0.29, 0.717) is 0 Å². The van der Waals surface area contributed by atoms with Gasteiger partial charge in [0.15, 0.2) is 14.7 Å². The Hall–Kier alpha value is -1.99. The SMILES string of the molecule is c1cc([S+](c2ccc(C3CCCCCCCCCCC3)cc2)c2ccc(C3CCCCCCCCCCC3)cc2)ccc1C1CCCCCCCCCCC1. The fourth-order valence-corrected chi connectivity index (χ4v) is 12.6. The largest absolute Gasteiger partial charge is 0.166 e. The standard InChI is InChI=1S/C54H81S/c1-4-10-16-22-28-46(29-23-17-11-5-1)49-34-40-52(41-35-49)55(53-42-36-50(37-43-53)47-30-24-18-12-6-2-7-13-19-25-31-47)54-44-38-51(39-45-54)48-32-26-20-14-8-3-9-15-21-27-33-48/h34-48H,1-33H2/q+1. The van der Waals surface area contributed by atoms with Crippen LogP contribution < -0.4 is 0 Å². The Morgan fingerprint density at radius 2 is 0.382 bits per heavy atom. The highest BCUT2D eigenvalue weighted by molar-refractivity contribution is 7.97. The number of hydrogen-bond acceptors (Lipinski definition) is 0. The van der Waals surface area contributed by atoms with Gasteiger partial charge in [0.1, 0.15) is 0 Å². The quantitative estimate of drug-likeness (QED) is 0.220. The first-order valence-corrected chi connectivity index (χ1v) is 25.6. The van der Waals surface area contributed by atoms with Gasteiger partial charge < -0.3 is 0 Å². The van der Waals surface area contributed by atoms with Crippen LogP contribution in [0.4, 0.5) is 0 Å². The molecule has 3 aliphatic carbocycles. The molecule has 0 unspecified atom stereocenters. The summed E-state index contributed by atoms with van der Waals surface area (Å²) in [4.78, 5) is 4.48. The van der Waals surface area contributed by atoms with Crippen molar-refractivity contribution in [2.75, 3.05) is 0 Å². The fourth-order valence-electron chi connectivity index (χ4n) is 10.5. The van der Waals surface area contributed by atoms with E-state index in [1.165, 1.54) is 227 Å². The Morgan fingerprint density at radius 3 is 0.564 bits per heavy atom. The average molecular weight is 762 g/mol. The number of rotatable bonds is 6. The molecule has 3 aromatic rings. The summed E-state index contributed by atoms with van der Waals surface area (Å²) in [5.41, 5.74) is 4.79. The molecule has 0 bridgehead atoms. The molecule has 1 heteroatoms. The van der Waals surface area contributed by atoms with Gasteiger partial charge in [-0.1, -0.05) is 210 Å². The smallest absolute Gasteiger partial charge is 0.0537 e. The van der Waals surface area contributed by atoms with E-state index >= 15 is 0 Å². The minimum Gasteiger partial charge on any atom is -0.0537 e. The van der Waals surface area contributed by atoms with Crippen LogP contribution in [0.3, 0.4) is 0 Å². The van der Waals surface area contributed by atoms with Gasteiger partial charge in [0.05, 0.1) is 10.9 Å². The average Bonchev–Trinajstić information content (AvgIpc) is 3.20. The van der Waals surface area contributed by atoms with Crippen molar-refractivity contribution in [3.8, 4) is 0 Å². The Balaban J connectivity index is 1.23. The van der Waals surface area contributed by atoms with Crippen LogP contribution in [0, 0.1) is 0 Å². The van der Waals surface area contributed by atoms with Crippen LogP contribution in [-0.2, 0) is 10.9 Å². The first kappa shape index (κ1) is 42.6. The first-order valence-electron chi connectivity index (χ1n) is 24.4. The van der Waals surface area contributed by atoms with E-state index in [-0.39, 0.29) is 10.9 Å². The van der Waals surface area contributed by atoms with Crippen LogP contribution >= 0.6 is 0 Å². The Labute approximate surface area is 343 Å². The van der Waals surface area contributed by atoms with Crippen molar-refractivity contribution in [3.05, 3.63) is 89.5 Å².